The number of ether oxygens (including phenoxy) is 1. The number of nitrogens with one attached hydrogen (secondary N) is 1. The minimum atomic E-state index is -1.35. The average Bonchev–Trinajstić information content (AvgIpc) is 2.63. The van der Waals surface area contributed by atoms with Crippen molar-refractivity contribution in [2.45, 2.75) is 13.0 Å². The third-order valence-corrected chi connectivity index (χ3v) is 3.95. The first-order valence-corrected chi connectivity index (χ1v) is 8.04. The van der Waals surface area contributed by atoms with Crippen LogP contribution in [0, 0.1) is 11.6 Å². The Kier molecular flexibility index (Phi) is 5.03. The Morgan fingerprint density at radius 2 is 1.59 bits per heavy atom. The lowest BCUT2D eigenvalue weighted by atomic mass is 10.1. The fraction of sp³-hybridized carbons (Fsp3) is 0.100. The number of para-hydroxylation sites is 1. The van der Waals surface area contributed by atoms with Crippen LogP contribution in [0.1, 0.15) is 17.3 Å². The molecule has 5 nitrogen and oxygen atoms in total. The van der Waals surface area contributed by atoms with Crippen LogP contribution < -0.4 is 5.32 Å². The molecule has 0 bridgehead atoms. The summed E-state index contributed by atoms with van der Waals surface area (Å²) in [7, 11) is 0. The summed E-state index contributed by atoms with van der Waals surface area (Å²) in [5.41, 5.74) is -0.746. The third-order valence-electron chi connectivity index (χ3n) is 3.95. The van der Waals surface area contributed by atoms with Gasteiger partial charge >= 0.3 is 5.97 Å². The summed E-state index contributed by atoms with van der Waals surface area (Å²) < 4.78 is 32.2. The van der Waals surface area contributed by atoms with E-state index in [1.807, 2.05) is 0 Å². The molecule has 27 heavy (non-hydrogen) atoms. The number of esters is 1. The van der Waals surface area contributed by atoms with Crippen molar-refractivity contribution >= 4 is 28.3 Å². The monoisotopic (exact) mass is 371 g/mol. The van der Waals surface area contributed by atoms with E-state index in [9.17, 15) is 23.5 Å². The Morgan fingerprint density at radius 1 is 1.00 bits per heavy atom. The van der Waals surface area contributed by atoms with Gasteiger partial charge in [0.05, 0.1) is 0 Å². The van der Waals surface area contributed by atoms with Crippen LogP contribution in [-0.4, -0.2) is 23.1 Å². The molecule has 3 aromatic rings. The van der Waals surface area contributed by atoms with E-state index in [1.54, 1.807) is 24.3 Å². The fourth-order valence-electron chi connectivity index (χ4n) is 2.51. The van der Waals surface area contributed by atoms with E-state index in [1.165, 1.54) is 19.1 Å². The number of rotatable bonds is 4. The molecule has 1 unspecified atom stereocenters. The molecule has 0 aromatic heterocycles. The zero-order valence-corrected chi connectivity index (χ0v) is 14.2. The summed E-state index contributed by atoms with van der Waals surface area (Å²) in [6.07, 6.45) is -1.35. The Morgan fingerprint density at radius 3 is 2.22 bits per heavy atom. The zero-order chi connectivity index (χ0) is 19.6. The molecule has 7 heteroatoms. The molecule has 3 rings (SSSR count). The highest BCUT2D eigenvalue weighted by molar-refractivity contribution is 6.01. The maximum Gasteiger partial charge on any atom is 0.342 e. The number of benzene rings is 3. The van der Waals surface area contributed by atoms with Gasteiger partial charge in [0.25, 0.3) is 5.91 Å². The van der Waals surface area contributed by atoms with Crippen LogP contribution in [0.3, 0.4) is 0 Å². The largest absolute Gasteiger partial charge is 0.507 e. The molecule has 0 aliphatic carbocycles. The molecular weight excluding hydrogens is 356 g/mol. The molecule has 0 aliphatic heterocycles. The number of phenols is 1. The van der Waals surface area contributed by atoms with Gasteiger partial charge < -0.3 is 15.2 Å². The normalized spacial score (nSPS) is 11.8. The molecule has 0 aliphatic rings. The van der Waals surface area contributed by atoms with Gasteiger partial charge in [0.2, 0.25) is 0 Å². The maximum absolute atomic E-state index is 13.6. The number of aromatic hydroxyl groups is 1. The molecule has 0 fully saturated rings. The van der Waals surface area contributed by atoms with Gasteiger partial charge in [-0.25, -0.2) is 13.6 Å². The first kappa shape index (κ1) is 18.3. The van der Waals surface area contributed by atoms with Crippen molar-refractivity contribution in [3.8, 4) is 5.75 Å². The summed E-state index contributed by atoms with van der Waals surface area (Å²) >= 11 is 0. The topological polar surface area (TPSA) is 75.6 Å². The fourth-order valence-corrected chi connectivity index (χ4v) is 2.51. The van der Waals surface area contributed by atoms with E-state index in [2.05, 4.69) is 5.32 Å². The summed E-state index contributed by atoms with van der Waals surface area (Å²) in [5, 5.41) is 13.5. The molecule has 0 spiro atoms. The van der Waals surface area contributed by atoms with Gasteiger partial charge in [-0.2, -0.15) is 0 Å². The van der Waals surface area contributed by atoms with Crippen LogP contribution in [0.2, 0.25) is 0 Å². The lowest BCUT2D eigenvalue weighted by molar-refractivity contribution is -0.123. The number of amides is 1. The summed E-state index contributed by atoms with van der Waals surface area (Å²) in [6.45, 7) is 1.25. The highest BCUT2D eigenvalue weighted by Gasteiger charge is 2.23. The third kappa shape index (κ3) is 3.87. The Hall–Kier alpha value is -3.48. The molecule has 0 saturated carbocycles. The van der Waals surface area contributed by atoms with Gasteiger partial charge in [-0.15, -0.1) is 0 Å². The molecule has 138 valence electrons. The quantitative estimate of drug-likeness (QED) is 0.680. The average molecular weight is 371 g/mol. The molecule has 2 N–H and O–H groups in total. The molecule has 1 atom stereocenters. The highest BCUT2D eigenvalue weighted by atomic mass is 19.1. The maximum atomic E-state index is 13.6. The van der Waals surface area contributed by atoms with Crippen molar-refractivity contribution < 1.29 is 28.2 Å². The van der Waals surface area contributed by atoms with Crippen LogP contribution in [-0.2, 0) is 9.53 Å². The summed E-state index contributed by atoms with van der Waals surface area (Å²) in [6, 6.07) is 13.1. The van der Waals surface area contributed by atoms with Crippen molar-refractivity contribution in [3.05, 3.63) is 71.8 Å². The first-order valence-electron chi connectivity index (χ1n) is 8.04. The predicted octanol–water partition coefficient (Wildman–Crippen LogP) is 4.01. The second-order valence-corrected chi connectivity index (χ2v) is 5.85. The minimum Gasteiger partial charge on any atom is -0.507 e. The van der Waals surface area contributed by atoms with Crippen LogP contribution in [0.4, 0.5) is 14.5 Å². The Balaban J connectivity index is 1.75. The molecule has 3 aromatic carbocycles. The molecule has 0 saturated heterocycles. The Labute approximate surface area is 153 Å². The van der Waals surface area contributed by atoms with E-state index >= 15 is 0 Å². The number of carbonyl (C=O) groups is 2. The second kappa shape index (κ2) is 7.41. The van der Waals surface area contributed by atoms with Gasteiger partial charge in [0.15, 0.2) is 6.10 Å². The number of hydrogen-bond acceptors (Lipinski definition) is 4. The Bertz CT molecular complexity index is 1020. The smallest absolute Gasteiger partial charge is 0.342 e. The molecule has 0 radical (unpaired) electrons. The standard InChI is InChI=1S/C20H15F2NO4/c1-11(19(25)23-18-15(21)7-4-8-16(18)22)27-20(26)14-9-12-5-2-3-6-13(12)10-17(14)24/h2-11,24H,1H3,(H,23,25). The van der Waals surface area contributed by atoms with Gasteiger partial charge in [-0.1, -0.05) is 30.3 Å². The van der Waals surface area contributed by atoms with Crippen molar-refractivity contribution in [3.63, 3.8) is 0 Å². The van der Waals surface area contributed by atoms with Crippen LogP contribution in [0.25, 0.3) is 10.8 Å². The van der Waals surface area contributed by atoms with Gasteiger partial charge in [-0.3, -0.25) is 4.79 Å². The van der Waals surface area contributed by atoms with Crippen molar-refractivity contribution in [2.75, 3.05) is 5.32 Å². The number of fused-ring (bicyclic) bond motifs is 1. The minimum absolute atomic E-state index is 0.120. The number of carbonyl (C=O) groups excluding carboxylic acids is 2. The zero-order valence-electron chi connectivity index (χ0n) is 14.2. The van der Waals surface area contributed by atoms with Crippen LogP contribution in [0.15, 0.2) is 54.6 Å². The SMILES string of the molecule is CC(OC(=O)c1cc2ccccc2cc1O)C(=O)Nc1c(F)cccc1F. The lowest BCUT2D eigenvalue weighted by Crippen LogP contribution is -2.30. The van der Waals surface area contributed by atoms with Crippen molar-refractivity contribution in [1.82, 2.24) is 0 Å². The summed E-state index contributed by atoms with van der Waals surface area (Å²) in [5.74, 6) is -4.04. The van der Waals surface area contributed by atoms with E-state index in [4.69, 9.17) is 4.74 Å². The predicted molar refractivity (Wildman–Crippen MR) is 95.5 cm³/mol. The van der Waals surface area contributed by atoms with Crippen LogP contribution >= 0.6 is 0 Å². The van der Waals surface area contributed by atoms with Gasteiger partial charge in [0, 0.05) is 0 Å². The van der Waals surface area contributed by atoms with Gasteiger partial charge in [0.1, 0.15) is 28.6 Å². The van der Waals surface area contributed by atoms with Crippen molar-refractivity contribution in [2.24, 2.45) is 0 Å². The van der Waals surface area contributed by atoms with E-state index in [0.717, 1.165) is 23.6 Å². The van der Waals surface area contributed by atoms with E-state index < -0.39 is 35.3 Å². The lowest BCUT2D eigenvalue weighted by Gasteiger charge is -2.15. The van der Waals surface area contributed by atoms with Crippen LogP contribution in [0.5, 0.6) is 5.75 Å². The summed E-state index contributed by atoms with van der Waals surface area (Å²) in [4.78, 5) is 24.4. The van der Waals surface area contributed by atoms with Crippen molar-refractivity contribution in [1.29, 1.82) is 0 Å². The highest BCUT2D eigenvalue weighted by Crippen LogP contribution is 2.26. The first-order chi connectivity index (χ1) is 12.9. The second-order valence-electron chi connectivity index (χ2n) is 5.85. The number of phenolic OH excluding ortho intramolecular Hbond substituents is 1. The number of hydrogen-bond donors (Lipinski definition) is 2. The number of anilines is 1. The molecule has 0 heterocycles. The van der Waals surface area contributed by atoms with E-state index in [0.29, 0.717) is 5.39 Å². The molecule has 1 amide bonds. The number of halogens is 2. The van der Waals surface area contributed by atoms with Gasteiger partial charge in [-0.05, 0) is 42.0 Å². The van der Waals surface area contributed by atoms with E-state index in [-0.39, 0.29) is 11.3 Å². The molecular formula is C20H15F2NO4.